The van der Waals surface area contributed by atoms with Gasteiger partial charge in [-0.1, -0.05) is 24.3 Å². The van der Waals surface area contributed by atoms with Crippen LogP contribution in [0.5, 0.6) is 0 Å². The number of hydrogen-bond acceptors (Lipinski definition) is 4. The van der Waals surface area contributed by atoms with Gasteiger partial charge in [0.25, 0.3) is 0 Å². The van der Waals surface area contributed by atoms with Gasteiger partial charge in [0.05, 0.1) is 11.9 Å². The maximum atomic E-state index is 13.3. The monoisotopic (exact) mass is 527 g/mol. The molecule has 2 aromatic carbocycles. The lowest BCUT2D eigenvalue weighted by Crippen LogP contribution is -2.52. The van der Waals surface area contributed by atoms with E-state index in [1.54, 1.807) is 45.0 Å². The molecule has 0 saturated heterocycles. The molecule has 1 atom stereocenters. The van der Waals surface area contributed by atoms with E-state index in [-0.39, 0.29) is 18.5 Å². The second-order valence-electron chi connectivity index (χ2n) is 7.71. The largest absolute Gasteiger partial charge is 0.352 e. The number of carbonyl (C=O) groups is 2. The van der Waals surface area contributed by atoms with Crippen LogP contribution in [0.2, 0.25) is 0 Å². The second kappa shape index (κ2) is 10.9. The highest BCUT2D eigenvalue weighted by Gasteiger charge is 2.30. The normalized spacial score (nSPS) is 12.3. The summed E-state index contributed by atoms with van der Waals surface area (Å²) in [6.45, 7) is 4.69. The van der Waals surface area contributed by atoms with E-state index in [1.807, 2.05) is 0 Å². The summed E-state index contributed by atoms with van der Waals surface area (Å²) in [6, 6.07) is 11.2. The molecule has 174 valence electrons. The zero-order valence-electron chi connectivity index (χ0n) is 18.4. The summed E-state index contributed by atoms with van der Waals surface area (Å²) in [5, 5.41) is 2.76. The van der Waals surface area contributed by atoms with Gasteiger partial charge < -0.3 is 10.2 Å². The highest BCUT2D eigenvalue weighted by molar-refractivity contribution is 9.10. The van der Waals surface area contributed by atoms with Crippen molar-refractivity contribution in [2.45, 2.75) is 39.4 Å². The van der Waals surface area contributed by atoms with Crippen LogP contribution in [0.25, 0.3) is 0 Å². The third kappa shape index (κ3) is 7.03. The summed E-state index contributed by atoms with van der Waals surface area (Å²) in [4.78, 5) is 27.3. The first-order chi connectivity index (χ1) is 14.9. The van der Waals surface area contributed by atoms with Crippen LogP contribution in [0.3, 0.4) is 0 Å². The number of hydrogen-bond donors (Lipinski definition) is 1. The molecule has 1 unspecified atom stereocenters. The van der Waals surface area contributed by atoms with Gasteiger partial charge in [-0.15, -0.1) is 0 Å². The maximum Gasteiger partial charge on any atom is 0.244 e. The fourth-order valence-electron chi connectivity index (χ4n) is 3.02. The molecule has 7 nitrogen and oxygen atoms in total. The summed E-state index contributed by atoms with van der Waals surface area (Å²) < 4.78 is 39.8. The minimum Gasteiger partial charge on any atom is -0.352 e. The lowest BCUT2D eigenvalue weighted by molar-refractivity contribution is -0.139. The van der Waals surface area contributed by atoms with E-state index in [0.717, 1.165) is 10.6 Å². The third-order valence-corrected chi connectivity index (χ3v) is 6.46. The number of sulfonamides is 1. The number of carbonyl (C=O) groups excluding carboxylic acids is 2. The van der Waals surface area contributed by atoms with Crippen LogP contribution in [0.4, 0.5) is 10.1 Å². The zero-order chi connectivity index (χ0) is 24.1. The number of nitrogens with one attached hydrogen (secondary N) is 1. The van der Waals surface area contributed by atoms with E-state index in [2.05, 4.69) is 21.2 Å². The standard InChI is InChI=1S/C22H27BrFN3O4S/c1-15(2)25-22(29)16(3)26(13-17-9-11-18(24)12-10-17)21(28)14-27(32(4,30)31)20-8-6-5-7-19(20)23/h5-12,15-16H,13-14H2,1-4H3,(H,25,29). The van der Waals surface area contributed by atoms with Crippen LogP contribution in [-0.2, 0) is 26.2 Å². The van der Waals surface area contributed by atoms with E-state index in [0.29, 0.717) is 15.7 Å². The number of anilines is 1. The molecule has 0 bridgehead atoms. The van der Waals surface area contributed by atoms with Gasteiger partial charge in [0.1, 0.15) is 18.4 Å². The molecular formula is C22H27BrFN3O4S. The molecule has 1 N–H and O–H groups in total. The number of halogens is 2. The zero-order valence-corrected chi connectivity index (χ0v) is 20.8. The smallest absolute Gasteiger partial charge is 0.244 e. The quantitative estimate of drug-likeness (QED) is 0.542. The minimum absolute atomic E-state index is 0.0133. The van der Waals surface area contributed by atoms with Crippen molar-refractivity contribution < 1.29 is 22.4 Å². The van der Waals surface area contributed by atoms with Crippen LogP contribution in [0.1, 0.15) is 26.3 Å². The Morgan fingerprint density at radius 3 is 2.19 bits per heavy atom. The number of para-hydroxylation sites is 1. The van der Waals surface area contributed by atoms with Crippen molar-refractivity contribution in [3.8, 4) is 0 Å². The predicted octanol–water partition coefficient (Wildman–Crippen LogP) is 3.30. The molecule has 10 heteroatoms. The molecule has 0 aliphatic heterocycles. The van der Waals surface area contributed by atoms with Crippen LogP contribution in [0.15, 0.2) is 53.0 Å². The minimum atomic E-state index is -3.81. The summed E-state index contributed by atoms with van der Waals surface area (Å²) in [6.07, 6.45) is 1.01. The average Bonchev–Trinajstić information content (AvgIpc) is 2.70. The Bertz CT molecular complexity index is 1060. The van der Waals surface area contributed by atoms with Gasteiger partial charge in [0.2, 0.25) is 21.8 Å². The summed E-state index contributed by atoms with van der Waals surface area (Å²) in [5.74, 6) is -1.36. The first-order valence-electron chi connectivity index (χ1n) is 9.96. The molecule has 0 spiro atoms. The van der Waals surface area contributed by atoms with Crippen molar-refractivity contribution in [3.63, 3.8) is 0 Å². The van der Waals surface area contributed by atoms with Gasteiger partial charge in [-0.25, -0.2) is 12.8 Å². The number of nitrogens with zero attached hydrogens (tertiary/aromatic N) is 2. The Balaban J connectivity index is 2.39. The molecule has 2 amide bonds. The van der Waals surface area contributed by atoms with Gasteiger partial charge in [-0.05, 0) is 66.5 Å². The highest BCUT2D eigenvalue weighted by Crippen LogP contribution is 2.28. The highest BCUT2D eigenvalue weighted by atomic mass is 79.9. The van der Waals surface area contributed by atoms with Crippen LogP contribution in [0, 0.1) is 5.82 Å². The number of rotatable bonds is 9. The van der Waals surface area contributed by atoms with Gasteiger partial charge >= 0.3 is 0 Å². The average molecular weight is 528 g/mol. The van der Waals surface area contributed by atoms with Gasteiger partial charge in [-0.3, -0.25) is 13.9 Å². The molecule has 2 aromatic rings. The van der Waals surface area contributed by atoms with Crippen LogP contribution < -0.4 is 9.62 Å². The summed E-state index contributed by atoms with van der Waals surface area (Å²) in [7, 11) is -3.81. The molecule has 0 saturated carbocycles. The molecule has 0 aromatic heterocycles. The molecule has 0 aliphatic rings. The Morgan fingerprint density at radius 2 is 1.66 bits per heavy atom. The van der Waals surface area contributed by atoms with Crippen molar-refractivity contribution in [3.05, 3.63) is 64.4 Å². The first-order valence-corrected chi connectivity index (χ1v) is 12.6. The van der Waals surface area contributed by atoms with Gasteiger partial charge in [-0.2, -0.15) is 0 Å². The van der Waals surface area contributed by atoms with Crippen molar-refractivity contribution in [1.29, 1.82) is 0 Å². The van der Waals surface area contributed by atoms with E-state index in [9.17, 15) is 22.4 Å². The Morgan fingerprint density at radius 1 is 1.06 bits per heavy atom. The van der Waals surface area contributed by atoms with Crippen molar-refractivity contribution >= 4 is 43.5 Å². The number of benzene rings is 2. The lowest BCUT2D eigenvalue weighted by atomic mass is 10.1. The van der Waals surface area contributed by atoms with E-state index in [4.69, 9.17) is 0 Å². The summed E-state index contributed by atoms with van der Waals surface area (Å²) in [5.41, 5.74) is 0.917. The van der Waals surface area contributed by atoms with Gasteiger partial charge in [0, 0.05) is 17.1 Å². The first kappa shape index (κ1) is 25.8. The van der Waals surface area contributed by atoms with Gasteiger partial charge in [0.15, 0.2) is 0 Å². The Kier molecular flexibility index (Phi) is 8.80. The molecule has 0 aliphatic carbocycles. The third-order valence-electron chi connectivity index (χ3n) is 4.66. The molecular weight excluding hydrogens is 501 g/mol. The SMILES string of the molecule is CC(C)NC(=O)C(C)N(Cc1ccc(F)cc1)C(=O)CN(c1ccccc1Br)S(C)(=O)=O. The molecule has 0 radical (unpaired) electrons. The maximum absolute atomic E-state index is 13.3. The van der Waals surface area contributed by atoms with E-state index >= 15 is 0 Å². The Labute approximate surface area is 196 Å². The summed E-state index contributed by atoms with van der Waals surface area (Å²) >= 11 is 3.33. The van der Waals surface area contributed by atoms with Crippen LogP contribution in [-0.4, -0.2) is 50.0 Å². The van der Waals surface area contributed by atoms with Crippen molar-refractivity contribution in [1.82, 2.24) is 10.2 Å². The van der Waals surface area contributed by atoms with E-state index in [1.165, 1.54) is 29.2 Å². The van der Waals surface area contributed by atoms with Crippen molar-refractivity contribution in [2.24, 2.45) is 0 Å². The molecule has 0 fully saturated rings. The van der Waals surface area contributed by atoms with E-state index < -0.39 is 34.3 Å². The second-order valence-corrected chi connectivity index (χ2v) is 10.5. The molecule has 0 heterocycles. The topological polar surface area (TPSA) is 86.8 Å². The van der Waals surface area contributed by atoms with Crippen molar-refractivity contribution in [2.75, 3.05) is 17.1 Å². The molecule has 2 rings (SSSR count). The molecule has 32 heavy (non-hydrogen) atoms. The van der Waals surface area contributed by atoms with Crippen LogP contribution >= 0.6 is 15.9 Å². The predicted molar refractivity (Wildman–Crippen MR) is 126 cm³/mol. The fraction of sp³-hybridized carbons (Fsp3) is 0.364. The fourth-order valence-corrected chi connectivity index (χ4v) is 4.50. The lowest BCUT2D eigenvalue weighted by Gasteiger charge is -2.32. The Hall–Kier alpha value is -2.46. The number of amides is 2.